The minimum absolute atomic E-state index is 0.0710. The van der Waals surface area contributed by atoms with Gasteiger partial charge in [-0.25, -0.2) is 4.79 Å². The van der Waals surface area contributed by atoms with E-state index < -0.39 is 5.97 Å². The number of carbonyl (C=O) groups is 1. The van der Waals surface area contributed by atoms with Crippen molar-refractivity contribution < 1.29 is 14.6 Å². The smallest absolute Gasteiger partial charge is 0.343 e. The van der Waals surface area contributed by atoms with Crippen LogP contribution in [0.25, 0.3) is 0 Å². The molecule has 0 amide bonds. The van der Waals surface area contributed by atoms with E-state index >= 15 is 0 Å². The van der Waals surface area contributed by atoms with Gasteiger partial charge in [0.25, 0.3) is 0 Å². The number of benzene rings is 2. The Balaban J connectivity index is 1.49. The Morgan fingerprint density at radius 1 is 1.08 bits per heavy atom. The quantitative estimate of drug-likeness (QED) is 0.776. The van der Waals surface area contributed by atoms with E-state index in [1.165, 1.54) is 18.9 Å². The lowest BCUT2D eigenvalue weighted by atomic mass is 10.1. The van der Waals surface area contributed by atoms with Gasteiger partial charge in [0.05, 0.1) is 12.8 Å². The second kappa shape index (κ2) is 8.58. The molecule has 0 bridgehead atoms. The molecule has 0 spiro atoms. The number of rotatable bonds is 6. The molecule has 1 heterocycles. The molecule has 0 unspecified atom stereocenters. The highest BCUT2D eigenvalue weighted by Crippen LogP contribution is 2.26. The Labute approximate surface area is 154 Å². The summed E-state index contributed by atoms with van der Waals surface area (Å²) >= 11 is 0. The van der Waals surface area contributed by atoms with Gasteiger partial charge in [0.2, 0.25) is 0 Å². The highest BCUT2D eigenvalue weighted by Gasteiger charge is 2.18. The maximum Gasteiger partial charge on any atom is 0.343 e. The van der Waals surface area contributed by atoms with E-state index in [0.717, 1.165) is 32.7 Å². The van der Waals surface area contributed by atoms with E-state index in [1.807, 2.05) is 6.07 Å². The maximum atomic E-state index is 11.9. The third-order valence-corrected chi connectivity index (χ3v) is 4.67. The van der Waals surface area contributed by atoms with Crippen LogP contribution in [-0.2, 0) is 4.74 Å². The lowest BCUT2D eigenvalue weighted by Crippen LogP contribution is -2.47. The van der Waals surface area contributed by atoms with Crippen molar-refractivity contribution in [2.75, 3.05) is 56.6 Å². The largest absolute Gasteiger partial charge is 0.507 e. The van der Waals surface area contributed by atoms with Gasteiger partial charge in [-0.15, -0.1) is 0 Å². The molecule has 1 aliphatic rings. The maximum absolute atomic E-state index is 11.9. The lowest BCUT2D eigenvalue weighted by Gasteiger charge is -2.36. The number of nitrogens with zero attached hydrogens (tertiary/aromatic N) is 2. The third kappa shape index (κ3) is 4.26. The van der Waals surface area contributed by atoms with Gasteiger partial charge in [-0.05, 0) is 24.3 Å². The van der Waals surface area contributed by atoms with Crippen LogP contribution in [0, 0.1) is 0 Å². The standard InChI is InChI=1S/C20H25N3O3/c1-26-20(25)19-17(8-5-9-18(19)24)21-10-11-22-12-14-23(15-13-22)16-6-3-2-4-7-16/h2-9,21,24H,10-15H2,1H3. The van der Waals surface area contributed by atoms with Gasteiger partial charge in [-0.3, -0.25) is 4.90 Å². The number of phenolic OH excluding ortho intramolecular Hbond substituents is 1. The summed E-state index contributed by atoms with van der Waals surface area (Å²) in [4.78, 5) is 16.6. The molecular weight excluding hydrogens is 330 g/mol. The zero-order valence-corrected chi connectivity index (χ0v) is 15.0. The number of hydrogen-bond donors (Lipinski definition) is 2. The fourth-order valence-corrected chi connectivity index (χ4v) is 3.22. The van der Waals surface area contributed by atoms with Crippen LogP contribution in [0.15, 0.2) is 48.5 Å². The summed E-state index contributed by atoms with van der Waals surface area (Å²) in [5, 5.41) is 13.2. The number of hydrogen-bond acceptors (Lipinski definition) is 6. The van der Waals surface area contributed by atoms with E-state index in [1.54, 1.807) is 12.1 Å². The summed E-state index contributed by atoms with van der Waals surface area (Å²) in [6.07, 6.45) is 0. The van der Waals surface area contributed by atoms with Gasteiger partial charge in [0.15, 0.2) is 0 Å². The number of aromatic hydroxyl groups is 1. The first-order chi connectivity index (χ1) is 12.7. The van der Waals surface area contributed by atoms with Crippen molar-refractivity contribution in [2.45, 2.75) is 0 Å². The zero-order chi connectivity index (χ0) is 18.4. The highest BCUT2D eigenvalue weighted by molar-refractivity contribution is 5.98. The van der Waals surface area contributed by atoms with Crippen LogP contribution in [0.3, 0.4) is 0 Å². The molecule has 26 heavy (non-hydrogen) atoms. The number of nitrogens with one attached hydrogen (secondary N) is 1. The molecule has 2 N–H and O–H groups in total. The second-order valence-electron chi connectivity index (χ2n) is 6.28. The number of esters is 1. The van der Waals surface area contributed by atoms with E-state index in [4.69, 9.17) is 4.74 Å². The number of anilines is 2. The van der Waals surface area contributed by atoms with E-state index in [2.05, 4.69) is 39.4 Å². The number of methoxy groups -OCH3 is 1. The van der Waals surface area contributed by atoms with Gasteiger partial charge >= 0.3 is 5.97 Å². The topological polar surface area (TPSA) is 65.0 Å². The summed E-state index contributed by atoms with van der Waals surface area (Å²) in [6, 6.07) is 15.4. The van der Waals surface area contributed by atoms with Crippen molar-refractivity contribution in [3.8, 4) is 5.75 Å². The predicted molar refractivity (Wildman–Crippen MR) is 103 cm³/mol. The Morgan fingerprint density at radius 2 is 1.81 bits per heavy atom. The van der Waals surface area contributed by atoms with Crippen LogP contribution in [0.5, 0.6) is 5.75 Å². The number of phenols is 1. The van der Waals surface area contributed by atoms with Gasteiger partial charge in [-0.1, -0.05) is 24.3 Å². The molecule has 0 aliphatic carbocycles. The van der Waals surface area contributed by atoms with Crippen LogP contribution < -0.4 is 10.2 Å². The Kier molecular flexibility index (Phi) is 5.96. The predicted octanol–water partition coefficient (Wildman–Crippen LogP) is 2.41. The second-order valence-corrected chi connectivity index (χ2v) is 6.28. The minimum Gasteiger partial charge on any atom is -0.507 e. The molecule has 0 radical (unpaired) electrons. The lowest BCUT2D eigenvalue weighted by molar-refractivity contribution is 0.0598. The highest BCUT2D eigenvalue weighted by atomic mass is 16.5. The van der Waals surface area contributed by atoms with Gasteiger partial charge in [0, 0.05) is 45.0 Å². The summed E-state index contributed by atoms with van der Waals surface area (Å²) < 4.78 is 4.75. The molecule has 1 aliphatic heterocycles. The molecule has 138 valence electrons. The average molecular weight is 355 g/mol. The Hall–Kier alpha value is -2.73. The molecule has 2 aromatic rings. The first-order valence-electron chi connectivity index (χ1n) is 8.85. The molecular formula is C20H25N3O3. The minimum atomic E-state index is -0.540. The molecule has 6 nitrogen and oxygen atoms in total. The first-order valence-corrected chi connectivity index (χ1v) is 8.85. The Morgan fingerprint density at radius 3 is 2.50 bits per heavy atom. The van der Waals surface area contributed by atoms with Crippen LogP contribution in [0.2, 0.25) is 0 Å². The molecule has 1 saturated heterocycles. The molecule has 0 saturated carbocycles. The van der Waals surface area contributed by atoms with Crippen LogP contribution >= 0.6 is 0 Å². The fraction of sp³-hybridized carbons (Fsp3) is 0.350. The summed E-state index contributed by atoms with van der Waals surface area (Å²) in [7, 11) is 1.31. The van der Waals surface area contributed by atoms with Gasteiger partial charge in [0.1, 0.15) is 11.3 Å². The zero-order valence-electron chi connectivity index (χ0n) is 15.0. The van der Waals surface area contributed by atoms with Gasteiger partial charge in [-0.2, -0.15) is 0 Å². The van der Waals surface area contributed by atoms with Crippen molar-refractivity contribution in [1.82, 2.24) is 4.90 Å². The van der Waals surface area contributed by atoms with E-state index in [9.17, 15) is 9.90 Å². The van der Waals surface area contributed by atoms with Crippen molar-refractivity contribution >= 4 is 17.3 Å². The molecule has 0 atom stereocenters. The molecule has 3 rings (SSSR count). The molecule has 6 heteroatoms. The molecule has 1 fully saturated rings. The number of carbonyl (C=O) groups excluding carboxylic acids is 1. The van der Waals surface area contributed by atoms with Crippen molar-refractivity contribution in [2.24, 2.45) is 0 Å². The number of ether oxygens (including phenoxy) is 1. The van der Waals surface area contributed by atoms with Gasteiger partial charge < -0.3 is 20.1 Å². The van der Waals surface area contributed by atoms with Crippen LogP contribution in [0.1, 0.15) is 10.4 Å². The van der Waals surface area contributed by atoms with Crippen molar-refractivity contribution in [3.63, 3.8) is 0 Å². The molecule has 2 aromatic carbocycles. The summed E-state index contributed by atoms with van der Waals surface area (Å²) in [5.41, 5.74) is 2.05. The van der Waals surface area contributed by atoms with Crippen molar-refractivity contribution in [1.29, 1.82) is 0 Å². The van der Waals surface area contributed by atoms with Crippen LogP contribution in [-0.4, -0.2) is 62.4 Å². The average Bonchev–Trinajstić information content (AvgIpc) is 2.69. The Bertz CT molecular complexity index is 728. The van der Waals surface area contributed by atoms with Crippen LogP contribution in [0.4, 0.5) is 11.4 Å². The summed E-state index contributed by atoms with van der Waals surface area (Å²) in [6.45, 7) is 5.58. The first kappa shape index (κ1) is 18.1. The van der Waals surface area contributed by atoms with E-state index in [0.29, 0.717) is 12.2 Å². The fourth-order valence-electron chi connectivity index (χ4n) is 3.22. The SMILES string of the molecule is COC(=O)c1c(O)cccc1NCCN1CCN(c2ccccc2)CC1. The molecule has 0 aromatic heterocycles. The third-order valence-electron chi connectivity index (χ3n) is 4.67. The normalized spacial score (nSPS) is 14.9. The number of para-hydroxylation sites is 1. The monoisotopic (exact) mass is 355 g/mol. The van der Waals surface area contributed by atoms with Crippen molar-refractivity contribution in [3.05, 3.63) is 54.1 Å². The van der Waals surface area contributed by atoms with E-state index in [-0.39, 0.29) is 11.3 Å². The summed E-state index contributed by atoms with van der Waals surface area (Å²) in [5.74, 6) is -0.611. The number of piperazine rings is 1.